The van der Waals surface area contributed by atoms with Crippen LogP contribution in [0.2, 0.25) is 0 Å². The number of carbonyl (C=O) groups is 3. The van der Waals surface area contributed by atoms with Crippen LogP contribution in [0, 0.1) is 12.7 Å². The molecule has 1 N–H and O–H groups in total. The number of hydrogen-bond acceptors (Lipinski definition) is 4. The summed E-state index contributed by atoms with van der Waals surface area (Å²) in [4.78, 5) is 46.1. The van der Waals surface area contributed by atoms with Crippen molar-refractivity contribution in [2.75, 3.05) is 11.4 Å². The molecule has 2 aliphatic rings. The SMILES string of the molecule is Cc1ccc(CNC(=O)CN(C(=O)[C@@]2(C)CC(=O)N=C3C=CC=CN32)c2ccc(F)cc2)cc1. The van der Waals surface area contributed by atoms with Gasteiger partial charge in [0.1, 0.15) is 23.7 Å². The van der Waals surface area contributed by atoms with Gasteiger partial charge in [-0.3, -0.25) is 14.4 Å². The van der Waals surface area contributed by atoms with Crippen LogP contribution in [0.1, 0.15) is 24.5 Å². The third kappa shape index (κ3) is 4.80. The molecule has 3 amide bonds. The highest BCUT2D eigenvalue weighted by Crippen LogP contribution is 2.31. The van der Waals surface area contributed by atoms with Gasteiger partial charge in [0, 0.05) is 18.4 Å². The van der Waals surface area contributed by atoms with E-state index in [1.165, 1.54) is 29.2 Å². The van der Waals surface area contributed by atoms with Crippen LogP contribution in [-0.2, 0) is 20.9 Å². The van der Waals surface area contributed by atoms with Crippen molar-refractivity contribution in [3.63, 3.8) is 0 Å². The van der Waals surface area contributed by atoms with E-state index in [0.717, 1.165) is 11.1 Å². The first-order chi connectivity index (χ1) is 16.3. The number of aryl methyl sites for hydroxylation is 1. The number of amides is 3. The van der Waals surface area contributed by atoms with Gasteiger partial charge in [-0.1, -0.05) is 35.9 Å². The fourth-order valence-corrected chi connectivity index (χ4v) is 3.97. The van der Waals surface area contributed by atoms with Gasteiger partial charge in [-0.15, -0.1) is 0 Å². The highest BCUT2D eigenvalue weighted by Gasteiger charge is 2.47. The molecule has 2 heterocycles. The molecule has 4 rings (SSSR count). The average molecular weight is 461 g/mol. The van der Waals surface area contributed by atoms with E-state index < -0.39 is 23.2 Å². The third-order valence-electron chi connectivity index (χ3n) is 5.86. The van der Waals surface area contributed by atoms with Crippen LogP contribution in [0.25, 0.3) is 0 Å². The molecule has 2 aromatic carbocycles. The first kappa shape index (κ1) is 23.1. The van der Waals surface area contributed by atoms with Crippen molar-refractivity contribution in [2.45, 2.75) is 32.4 Å². The van der Waals surface area contributed by atoms with Crippen LogP contribution < -0.4 is 10.2 Å². The lowest BCUT2D eigenvalue weighted by Crippen LogP contribution is -2.61. The van der Waals surface area contributed by atoms with Crippen LogP contribution in [0.3, 0.4) is 0 Å². The summed E-state index contributed by atoms with van der Waals surface area (Å²) in [5, 5.41) is 2.83. The lowest BCUT2D eigenvalue weighted by molar-refractivity contribution is -0.133. The summed E-state index contributed by atoms with van der Waals surface area (Å²) in [6.07, 6.45) is 6.66. The second-order valence-electron chi connectivity index (χ2n) is 8.52. The summed E-state index contributed by atoms with van der Waals surface area (Å²) in [6, 6.07) is 13.1. The van der Waals surface area contributed by atoms with Gasteiger partial charge in [-0.2, -0.15) is 4.99 Å². The number of anilines is 1. The molecule has 7 nitrogen and oxygen atoms in total. The fraction of sp³-hybridized carbons (Fsp3) is 0.231. The molecule has 0 aliphatic carbocycles. The zero-order valence-corrected chi connectivity index (χ0v) is 19.0. The Balaban J connectivity index is 1.59. The van der Waals surface area contributed by atoms with Gasteiger partial charge in [0.05, 0.1) is 6.42 Å². The number of fused-ring (bicyclic) bond motifs is 1. The van der Waals surface area contributed by atoms with E-state index in [2.05, 4.69) is 10.3 Å². The standard InChI is InChI=1S/C26H25FN4O3/c1-18-6-8-19(9-7-18)16-28-24(33)17-30(21-12-10-20(27)11-13-21)25(34)26(2)15-23(32)29-22-5-3-4-14-31(22)26/h3-14H,15-17H2,1-2H3,(H,28,33)/t26-/m1/s1. The van der Waals surface area contributed by atoms with Crippen LogP contribution in [0.4, 0.5) is 10.1 Å². The Morgan fingerprint density at radius 1 is 1.12 bits per heavy atom. The van der Waals surface area contributed by atoms with Gasteiger partial charge in [0.2, 0.25) is 5.91 Å². The first-order valence-electron chi connectivity index (χ1n) is 10.9. The number of amidine groups is 1. The van der Waals surface area contributed by atoms with Crippen LogP contribution in [-0.4, -0.2) is 40.5 Å². The van der Waals surface area contributed by atoms with Crippen molar-refractivity contribution in [3.05, 3.63) is 89.9 Å². The summed E-state index contributed by atoms with van der Waals surface area (Å²) >= 11 is 0. The number of allylic oxidation sites excluding steroid dienone is 2. The topological polar surface area (TPSA) is 82.1 Å². The third-order valence-corrected chi connectivity index (χ3v) is 5.86. The smallest absolute Gasteiger partial charge is 0.254 e. The minimum Gasteiger partial charge on any atom is -0.350 e. The van der Waals surface area contributed by atoms with E-state index in [0.29, 0.717) is 18.1 Å². The Hall–Kier alpha value is -4.07. The molecule has 0 unspecified atom stereocenters. The zero-order chi connectivity index (χ0) is 24.3. The molecule has 0 saturated carbocycles. The van der Waals surface area contributed by atoms with E-state index in [9.17, 15) is 18.8 Å². The number of hydrogen-bond donors (Lipinski definition) is 1. The summed E-state index contributed by atoms with van der Waals surface area (Å²) in [5.41, 5.74) is 1.09. The van der Waals surface area contributed by atoms with Crippen molar-refractivity contribution in [1.29, 1.82) is 0 Å². The number of carbonyl (C=O) groups excluding carboxylic acids is 3. The molecule has 174 valence electrons. The molecular weight excluding hydrogens is 435 g/mol. The number of halogens is 1. The molecule has 1 atom stereocenters. The molecule has 0 aromatic heterocycles. The predicted octanol–water partition coefficient (Wildman–Crippen LogP) is 3.26. The minimum atomic E-state index is -1.30. The molecule has 8 heteroatoms. The van der Waals surface area contributed by atoms with Crippen molar-refractivity contribution >= 4 is 29.2 Å². The number of nitrogens with zero attached hydrogens (tertiary/aromatic N) is 3. The zero-order valence-electron chi connectivity index (χ0n) is 19.0. The van der Waals surface area contributed by atoms with Gasteiger partial charge >= 0.3 is 0 Å². The van der Waals surface area contributed by atoms with Crippen molar-refractivity contribution in [1.82, 2.24) is 10.2 Å². The number of benzene rings is 2. The van der Waals surface area contributed by atoms with Crippen LogP contribution in [0.5, 0.6) is 0 Å². The van der Waals surface area contributed by atoms with E-state index in [1.807, 2.05) is 31.2 Å². The van der Waals surface area contributed by atoms with Crippen LogP contribution in [0.15, 0.2) is 78.0 Å². The second-order valence-corrected chi connectivity index (χ2v) is 8.52. The van der Waals surface area contributed by atoms with Crippen LogP contribution >= 0.6 is 0 Å². The highest BCUT2D eigenvalue weighted by atomic mass is 19.1. The average Bonchev–Trinajstić information content (AvgIpc) is 2.82. The largest absolute Gasteiger partial charge is 0.350 e. The Kier molecular flexibility index (Phi) is 6.40. The molecule has 0 fully saturated rings. The first-order valence-corrected chi connectivity index (χ1v) is 10.9. The summed E-state index contributed by atoms with van der Waals surface area (Å²) < 4.78 is 13.6. The quantitative estimate of drug-likeness (QED) is 0.718. The monoisotopic (exact) mass is 460 g/mol. The maximum atomic E-state index is 13.9. The van der Waals surface area contributed by atoms with Gasteiger partial charge in [0.25, 0.3) is 11.8 Å². The van der Waals surface area contributed by atoms with Gasteiger partial charge < -0.3 is 15.1 Å². The molecule has 0 radical (unpaired) electrons. The lowest BCUT2D eigenvalue weighted by Gasteiger charge is -2.44. The van der Waals surface area contributed by atoms with E-state index in [1.54, 1.807) is 36.3 Å². The van der Waals surface area contributed by atoms with E-state index >= 15 is 0 Å². The van der Waals surface area contributed by atoms with Gasteiger partial charge in [0.15, 0.2) is 0 Å². The second kappa shape index (κ2) is 9.43. The summed E-state index contributed by atoms with van der Waals surface area (Å²) in [7, 11) is 0. The maximum Gasteiger partial charge on any atom is 0.254 e. The number of rotatable bonds is 6. The molecule has 0 saturated heterocycles. The maximum absolute atomic E-state index is 13.9. The highest BCUT2D eigenvalue weighted by molar-refractivity contribution is 6.13. The van der Waals surface area contributed by atoms with E-state index in [-0.39, 0.29) is 18.9 Å². The Labute approximate surface area is 197 Å². The van der Waals surface area contributed by atoms with Crippen molar-refractivity contribution < 1.29 is 18.8 Å². The Bertz CT molecular complexity index is 1200. The Morgan fingerprint density at radius 3 is 2.53 bits per heavy atom. The summed E-state index contributed by atoms with van der Waals surface area (Å²) in [5.74, 6) is -1.38. The number of aliphatic imine (C=N–C) groups is 1. The molecule has 2 aliphatic heterocycles. The van der Waals surface area contributed by atoms with E-state index in [4.69, 9.17) is 0 Å². The fourth-order valence-electron chi connectivity index (χ4n) is 3.97. The Morgan fingerprint density at radius 2 is 1.82 bits per heavy atom. The molecule has 0 spiro atoms. The molecular formula is C26H25FN4O3. The van der Waals surface area contributed by atoms with Gasteiger partial charge in [-0.05, 0) is 55.8 Å². The number of nitrogens with one attached hydrogen (secondary N) is 1. The van der Waals surface area contributed by atoms with Gasteiger partial charge in [-0.25, -0.2) is 4.39 Å². The molecule has 34 heavy (non-hydrogen) atoms. The molecule has 0 bridgehead atoms. The molecule has 2 aromatic rings. The predicted molar refractivity (Wildman–Crippen MR) is 127 cm³/mol. The minimum absolute atomic E-state index is 0.157. The summed E-state index contributed by atoms with van der Waals surface area (Å²) in [6.45, 7) is 3.64. The normalized spacial score (nSPS) is 18.9. The van der Waals surface area contributed by atoms with Crippen molar-refractivity contribution in [2.24, 2.45) is 4.99 Å². The lowest BCUT2D eigenvalue weighted by atomic mass is 9.90. The van der Waals surface area contributed by atoms with Crippen molar-refractivity contribution in [3.8, 4) is 0 Å².